The summed E-state index contributed by atoms with van der Waals surface area (Å²) < 4.78 is 0. The fraction of sp³-hybridized carbons (Fsp3) is 0.208. The lowest BCUT2D eigenvalue weighted by molar-refractivity contribution is 0.0780. The number of hydrogen-bond acceptors (Lipinski definition) is 4. The van der Waals surface area contributed by atoms with Gasteiger partial charge < -0.3 is 10.2 Å². The highest BCUT2D eigenvalue weighted by Gasteiger charge is 2.18. The second kappa shape index (κ2) is 9.59. The van der Waals surface area contributed by atoms with Crippen molar-refractivity contribution < 1.29 is 9.59 Å². The molecule has 1 N–H and O–H groups in total. The van der Waals surface area contributed by atoms with Crippen LogP contribution < -0.4 is 5.32 Å². The van der Waals surface area contributed by atoms with Gasteiger partial charge in [-0.25, -0.2) is 4.98 Å². The maximum atomic E-state index is 13.1. The Kier molecular flexibility index (Phi) is 6.90. The Hall–Kier alpha value is -3.12. The molecule has 1 heterocycles. The number of aryl methyl sites for hydroxylation is 2. The number of rotatable bonds is 6. The quantitative estimate of drug-likeness (QED) is 0.640. The van der Waals surface area contributed by atoms with E-state index in [9.17, 15) is 9.59 Å². The van der Waals surface area contributed by atoms with Gasteiger partial charge in [0, 0.05) is 37.3 Å². The van der Waals surface area contributed by atoms with Crippen molar-refractivity contribution in [1.82, 2.24) is 15.2 Å². The van der Waals surface area contributed by atoms with Crippen LogP contribution in [0.5, 0.6) is 0 Å². The Morgan fingerprint density at radius 1 is 1.07 bits per heavy atom. The molecule has 0 spiro atoms. The Morgan fingerprint density at radius 2 is 1.80 bits per heavy atom. The maximum Gasteiger partial charge on any atom is 0.256 e. The van der Waals surface area contributed by atoms with Crippen molar-refractivity contribution in [2.24, 2.45) is 0 Å². The van der Waals surface area contributed by atoms with Gasteiger partial charge in [-0.15, -0.1) is 0 Å². The third-order valence-corrected chi connectivity index (χ3v) is 5.94. The lowest BCUT2D eigenvalue weighted by atomic mass is 10.1. The van der Waals surface area contributed by atoms with E-state index >= 15 is 0 Å². The minimum absolute atomic E-state index is 0.0919. The number of nitrogens with zero attached hydrogens (tertiary/aromatic N) is 2. The largest absolute Gasteiger partial charge is 0.355 e. The second-order valence-electron chi connectivity index (χ2n) is 7.16. The molecule has 0 fully saturated rings. The molecule has 0 saturated heterocycles. The summed E-state index contributed by atoms with van der Waals surface area (Å²) >= 11 is 1.51. The number of hydrogen-bond donors (Lipinski definition) is 1. The first kappa shape index (κ1) is 21.6. The minimum atomic E-state index is -0.130. The van der Waals surface area contributed by atoms with E-state index in [-0.39, 0.29) is 11.8 Å². The van der Waals surface area contributed by atoms with E-state index in [4.69, 9.17) is 0 Å². The normalized spacial score (nSPS) is 10.5. The first-order valence-electron chi connectivity index (χ1n) is 9.65. The first-order chi connectivity index (χ1) is 14.4. The van der Waals surface area contributed by atoms with Gasteiger partial charge in [0.05, 0.1) is 5.56 Å². The van der Waals surface area contributed by atoms with Gasteiger partial charge in [0.25, 0.3) is 11.8 Å². The molecule has 5 nitrogen and oxygen atoms in total. The highest BCUT2D eigenvalue weighted by molar-refractivity contribution is 7.99. The molecule has 2 amide bonds. The number of nitrogens with one attached hydrogen (secondary N) is 1. The van der Waals surface area contributed by atoms with Crippen molar-refractivity contribution in [2.45, 2.75) is 30.3 Å². The Labute approximate surface area is 181 Å². The molecule has 0 atom stereocenters. The monoisotopic (exact) mass is 419 g/mol. The van der Waals surface area contributed by atoms with Crippen LogP contribution in [0.3, 0.4) is 0 Å². The molecule has 154 valence electrons. The van der Waals surface area contributed by atoms with Gasteiger partial charge in [-0.2, -0.15) is 0 Å². The van der Waals surface area contributed by atoms with Gasteiger partial charge in [-0.1, -0.05) is 41.6 Å². The van der Waals surface area contributed by atoms with Crippen LogP contribution in [-0.2, 0) is 6.54 Å². The van der Waals surface area contributed by atoms with E-state index in [0.29, 0.717) is 22.7 Å². The third-order valence-electron chi connectivity index (χ3n) is 4.75. The number of aromatic nitrogens is 1. The molecule has 6 heteroatoms. The fourth-order valence-corrected chi connectivity index (χ4v) is 4.05. The van der Waals surface area contributed by atoms with Gasteiger partial charge in [0.2, 0.25) is 0 Å². The molecule has 0 radical (unpaired) electrons. The number of carbonyl (C=O) groups is 2. The molecule has 2 aromatic carbocycles. The van der Waals surface area contributed by atoms with Crippen LogP contribution >= 0.6 is 11.8 Å². The molecule has 3 rings (SSSR count). The van der Waals surface area contributed by atoms with Crippen molar-refractivity contribution >= 4 is 23.6 Å². The molecule has 0 bridgehead atoms. The Morgan fingerprint density at radius 3 is 2.47 bits per heavy atom. The zero-order valence-electron chi connectivity index (χ0n) is 17.6. The van der Waals surface area contributed by atoms with E-state index in [1.165, 1.54) is 17.3 Å². The Balaban J connectivity index is 1.77. The van der Waals surface area contributed by atoms with Crippen molar-refractivity contribution in [1.29, 1.82) is 0 Å². The number of pyridine rings is 1. The van der Waals surface area contributed by atoms with Gasteiger partial charge in [0.15, 0.2) is 0 Å². The van der Waals surface area contributed by atoms with Gasteiger partial charge in [-0.05, 0) is 55.3 Å². The van der Waals surface area contributed by atoms with Crippen molar-refractivity contribution in [2.75, 3.05) is 14.1 Å². The fourth-order valence-electron chi connectivity index (χ4n) is 3.11. The van der Waals surface area contributed by atoms with Gasteiger partial charge in [0.1, 0.15) is 5.03 Å². The van der Waals surface area contributed by atoms with Gasteiger partial charge in [-0.3, -0.25) is 9.59 Å². The van der Waals surface area contributed by atoms with E-state index in [1.807, 2.05) is 18.2 Å². The van der Waals surface area contributed by atoms with E-state index in [1.54, 1.807) is 43.4 Å². The van der Waals surface area contributed by atoms with Crippen LogP contribution in [0.25, 0.3) is 0 Å². The summed E-state index contributed by atoms with van der Waals surface area (Å²) in [5, 5.41) is 3.29. The zero-order valence-corrected chi connectivity index (χ0v) is 18.4. The molecule has 0 aliphatic carbocycles. The average Bonchev–Trinajstić information content (AvgIpc) is 2.75. The van der Waals surface area contributed by atoms with Crippen molar-refractivity contribution in [3.8, 4) is 0 Å². The highest BCUT2D eigenvalue weighted by Crippen LogP contribution is 2.32. The van der Waals surface area contributed by atoms with Crippen molar-refractivity contribution in [3.05, 3.63) is 88.6 Å². The topological polar surface area (TPSA) is 62.3 Å². The van der Waals surface area contributed by atoms with Crippen LogP contribution in [0.2, 0.25) is 0 Å². The average molecular weight is 420 g/mol. The highest BCUT2D eigenvalue weighted by atomic mass is 32.2. The van der Waals surface area contributed by atoms with Crippen LogP contribution in [0.4, 0.5) is 0 Å². The van der Waals surface area contributed by atoms with E-state index < -0.39 is 0 Å². The maximum absolute atomic E-state index is 13.1. The number of amides is 2. The summed E-state index contributed by atoms with van der Waals surface area (Å²) in [4.78, 5) is 32.0. The third kappa shape index (κ3) is 5.07. The molecule has 0 aliphatic rings. The zero-order chi connectivity index (χ0) is 21.7. The molecule has 30 heavy (non-hydrogen) atoms. The minimum Gasteiger partial charge on any atom is -0.355 e. The molecule has 0 aliphatic heterocycles. The SMILES string of the molecule is CNC(=O)c1ccc(CN(C)C(=O)c2cccnc2Sc2ccc(C)cc2C)cc1. The molecule has 1 aromatic heterocycles. The molecule has 0 unspecified atom stereocenters. The predicted molar refractivity (Wildman–Crippen MR) is 120 cm³/mol. The molecule has 0 saturated carbocycles. The molecular weight excluding hydrogens is 394 g/mol. The van der Waals surface area contributed by atoms with E-state index in [0.717, 1.165) is 16.0 Å². The number of benzene rings is 2. The molecular formula is C24H25N3O2S. The lowest BCUT2D eigenvalue weighted by Gasteiger charge is -2.19. The number of carbonyl (C=O) groups excluding carboxylic acids is 2. The lowest BCUT2D eigenvalue weighted by Crippen LogP contribution is -2.27. The summed E-state index contributed by atoms with van der Waals surface area (Å²) in [5.41, 5.74) is 4.48. The molecule has 3 aromatic rings. The summed E-state index contributed by atoms with van der Waals surface area (Å²) in [6, 6.07) is 17.1. The van der Waals surface area contributed by atoms with E-state index in [2.05, 4.69) is 42.3 Å². The van der Waals surface area contributed by atoms with Crippen LogP contribution in [0.15, 0.2) is 70.7 Å². The predicted octanol–water partition coefficient (Wildman–Crippen LogP) is 4.48. The van der Waals surface area contributed by atoms with Gasteiger partial charge >= 0.3 is 0 Å². The van der Waals surface area contributed by atoms with Crippen LogP contribution in [0, 0.1) is 13.8 Å². The van der Waals surface area contributed by atoms with Crippen LogP contribution in [0.1, 0.15) is 37.4 Å². The first-order valence-corrected chi connectivity index (χ1v) is 10.5. The summed E-state index contributed by atoms with van der Waals surface area (Å²) in [6.45, 7) is 4.57. The standard InChI is InChI=1S/C24H25N3O2S/c1-16-7-12-21(17(2)14-16)30-23-20(6-5-13-26-23)24(29)27(4)15-18-8-10-19(11-9-18)22(28)25-3/h5-14H,15H2,1-4H3,(H,25,28). The summed E-state index contributed by atoms with van der Waals surface area (Å²) in [5.74, 6) is -0.222. The van der Waals surface area contributed by atoms with Crippen LogP contribution in [-0.4, -0.2) is 35.8 Å². The van der Waals surface area contributed by atoms with Crippen molar-refractivity contribution in [3.63, 3.8) is 0 Å². The summed E-state index contributed by atoms with van der Waals surface area (Å²) in [6.07, 6.45) is 1.71. The smallest absolute Gasteiger partial charge is 0.256 e. The summed E-state index contributed by atoms with van der Waals surface area (Å²) in [7, 11) is 3.37. The second-order valence-corrected chi connectivity index (χ2v) is 8.20. The Bertz CT molecular complexity index is 1060.